The van der Waals surface area contributed by atoms with E-state index in [4.69, 9.17) is 54.2 Å². The zero-order valence-electron chi connectivity index (χ0n) is 40.6. The fourth-order valence-electron chi connectivity index (χ4n) is 8.94. The average Bonchev–Trinajstić information content (AvgIpc) is 4.31. The number of imidazole rings is 3. The number of nitrogens with one attached hydrogen (secondary N) is 3. The molecule has 1 amide bonds. The highest BCUT2D eigenvalue weighted by molar-refractivity contribution is 7.66. The summed E-state index contributed by atoms with van der Waals surface area (Å²) in [7, 11) is -19.7. The van der Waals surface area contributed by atoms with E-state index < -0.39 is 148 Å². The molecule has 9 rings (SSSR count). The highest BCUT2D eigenvalue weighted by Gasteiger charge is 2.54. The van der Waals surface area contributed by atoms with E-state index in [0.29, 0.717) is 0 Å². The van der Waals surface area contributed by atoms with Gasteiger partial charge in [0.15, 0.2) is 41.4 Å². The lowest BCUT2D eigenvalue weighted by atomic mass is 9.94. The number of phosphoric ester groups is 3. The Labute approximate surface area is 438 Å². The van der Waals surface area contributed by atoms with Crippen LogP contribution >= 0.6 is 31.3 Å². The second kappa shape index (κ2) is 22.0. The van der Waals surface area contributed by atoms with E-state index >= 15 is 0 Å². The minimum atomic E-state index is -6.23. The number of amides is 1. The number of aryl methyl sites for hydroxylation is 1. The van der Waals surface area contributed by atoms with Crippen LogP contribution in [0.3, 0.4) is 0 Å². The number of hydrogen-bond acceptors (Lipinski definition) is 29. The SMILES string of the molecule is CNC(=O)C[C@H]1[C@@H](O)[C@H]([n+]2cn(C)c3c(=O)[nH]c(N)nc32)O[C@@H]1COP(=O)(O)OP(=O)(O)OP(=O)(O)OC[C@H]1O[C@@H](n2cnc3c(N)ncnc32)[C@H](OC)[C@@H]1OP(=O)(O)OC[C@H]1O[C@@H](n2cnc3c(=O)[nH]c(N)nc32)[C@H](O)[C@@H]1O. The van der Waals surface area contributed by atoms with Gasteiger partial charge >= 0.3 is 36.9 Å². The maximum Gasteiger partial charge on any atom is 0.490 e. The molecule has 3 aliphatic heterocycles. The Balaban J connectivity index is 0.876. The quantitative estimate of drug-likeness (QED) is 0.0239. The highest BCUT2D eigenvalue weighted by Crippen LogP contribution is 2.68. The number of H-pyrrole nitrogens is 2. The number of aromatic amines is 2. The topological polar surface area (TPSA) is 571 Å². The number of ether oxygens (including phenoxy) is 4. The number of anilines is 3. The fourth-order valence-corrected chi connectivity index (χ4v) is 13.4. The first kappa shape index (κ1) is 58.0. The Kier molecular flexibility index (Phi) is 16.2. The molecule has 0 radical (unpaired) electrons. The van der Waals surface area contributed by atoms with Crippen molar-refractivity contribution >= 4 is 88.4 Å². The molecule has 0 aromatic carbocycles. The molecule has 6 aromatic heterocycles. The number of phosphoric acid groups is 4. The summed E-state index contributed by atoms with van der Waals surface area (Å²) in [5.41, 5.74) is 15.5. The number of carbonyl (C=O) groups excluding carboxylic acids is 1. The lowest BCUT2D eigenvalue weighted by Crippen LogP contribution is -2.45. The van der Waals surface area contributed by atoms with E-state index in [2.05, 4.69) is 53.8 Å². The van der Waals surface area contributed by atoms with Crippen molar-refractivity contribution in [2.24, 2.45) is 13.0 Å². The van der Waals surface area contributed by atoms with Crippen molar-refractivity contribution in [2.75, 3.05) is 51.2 Å². The molecule has 9 heterocycles. The molecule has 16 atom stereocenters. The normalized spacial score (nSPS) is 29.4. The summed E-state index contributed by atoms with van der Waals surface area (Å²) in [6.45, 7) is -3.33. The number of aromatic nitrogens is 12. The van der Waals surface area contributed by atoms with E-state index in [-0.39, 0.29) is 51.2 Å². The highest BCUT2D eigenvalue weighted by atomic mass is 31.3. The van der Waals surface area contributed by atoms with Gasteiger partial charge in [-0.3, -0.25) is 56.1 Å². The lowest BCUT2D eigenvalue weighted by molar-refractivity contribution is -0.745. The van der Waals surface area contributed by atoms with Gasteiger partial charge in [-0.15, -0.1) is 0 Å². The third kappa shape index (κ3) is 11.9. The number of fused-ring (bicyclic) bond motifs is 3. The summed E-state index contributed by atoms with van der Waals surface area (Å²) >= 11 is 0. The van der Waals surface area contributed by atoms with Gasteiger partial charge in [-0.05, 0) is 0 Å². The van der Waals surface area contributed by atoms with Crippen molar-refractivity contribution in [2.45, 2.75) is 73.9 Å². The van der Waals surface area contributed by atoms with Crippen molar-refractivity contribution in [3.63, 3.8) is 0 Å². The molecule has 0 spiro atoms. The molecule has 432 valence electrons. The zero-order chi connectivity index (χ0) is 57.3. The summed E-state index contributed by atoms with van der Waals surface area (Å²) in [4.78, 5) is 109. The molecule has 79 heavy (non-hydrogen) atoms. The zero-order valence-corrected chi connectivity index (χ0v) is 44.2. The second-order valence-corrected chi connectivity index (χ2v) is 23.6. The van der Waals surface area contributed by atoms with Gasteiger partial charge in [0.05, 0.1) is 45.6 Å². The first-order valence-corrected chi connectivity index (χ1v) is 28.6. The molecule has 4 unspecified atom stereocenters. The molecule has 0 aliphatic carbocycles. The molecule has 3 fully saturated rings. The predicted octanol–water partition coefficient (Wildman–Crippen LogP) is -4.32. The third-order valence-electron chi connectivity index (χ3n) is 12.4. The molecule has 3 saturated heterocycles. The third-order valence-corrected chi connectivity index (χ3v) is 17.7. The number of nitrogens with two attached hydrogens (primary N) is 3. The van der Waals surface area contributed by atoms with E-state index in [1.165, 1.54) is 34.1 Å². The summed E-state index contributed by atoms with van der Waals surface area (Å²) in [5.74, 6) is -2.60. The van der Waals surface area contributed by atoms with Gasteiger partial charge in [0, 0.05) is 26.5 Å². The fraction of sp³-hybridized carbons (Fsp3) is 0.543. The number of hydrogen-bond donors (Lipinski definition) is 13. The van der Waals surface area contributed by atoms with Crippen molar-refractivity contribution in [3.8, 4) is 0 Å². The van der Waals surface area contributed by atoms with Crippen LogP contribution in [0.5, 0.6) is 0 Å². The first-order chi connectivity index (χ1) is 37.1. The van der Waals surface area contributed by atoms with Crippen LogP contribution in [0.1, 0.15) is 25.1 Å². The Morgan fingerprint density at radius 1 is 0.734 bits per heavy atom. The Hall–Kier alpha value is -5.64. The molecule has 44 heteroatoms. The number of aliphatic hydroxyl groups excluding tert-OH is 3. The second-order valence-electron chi connectivity index (χ2n) is 17.5. The smallest absolute Gasteiger partial charge is 0.387 e. The summed E-state index contributed by atoms with van der Waals surface area (Å²) in [5, 5.41) is 35.5. The number of nitrogens with zero attached hydrogens (tertiary/aromatic N) is 10. The van der Waals surface area contributed by atoms with Crippen LogP contribution in [-0.2, 0) is 75.8 Å². The number of carbonyl (C=O) groups is 1. The number of nitrogen functional groups attached to an aromatic ring is 3. The minimum Gasteiger partial charge on any atom is -0.387 e. The van der Waals surface area contributed by atoms with Crippen LogP contribution in [-0.4, -0.2) is 177 Å². The molecule has 16 N–H and O–H groups in total. The monoisotopic (exact) mass is 1200 g/mol. The maximum absolute atomic E-state index is 13.7. The van der Waals surface area contributed by atoms with Crippen molar-refractivity contribution in [1.82, 2.24) is 58.9 Å². The van der Waals surface area contributed by atoms with Crippen LogP contribution in [0, 0.1) is 5.92 Å². The van der Waals surface area contributed by atoms with Crippen LogP contribution in [0.4, 0.5) is 17.7 Å². The average molecular weight is 1200 g/mol. The van der Waals surface area contributed by atoms with E-state index in [1.54, 1.807) is 0 Å². The largest absolute Gasteiger partial charge is 0.490 e. The number of methoxy groups -OCH3 is 1. The summed E-state index contributed by atoms with van der Waals surface area (Å²) in [6, 6.07) is 0. The molecule has 0 bridgehead atoms. The Morgan fingerprint density at radius 2 is 1.33 bits per heavy atom. The molecule has 40 nitrogen and oxygen atoms in total. The van der Waals surface area contributed by atoms with Crippen LogP contribution in [0.15, 0.2) is 34.9 Å². The number of aliphatic hydroxyl groups is 3. The van der Waals surface area contributed by atoms with Gasteiger partial charge in [0.1, 0.15) is 54.6 Å². The maximum atomic E-state index is 13.7. The van der Waals surface area contributed by atoms with E-state index in [9.17, 15) is 67.5 Å². The predicted molar refractivity (Wildman–Crippen MR) is 255 cm³/mol. The van der Waals surface area contributed by atoms with Gasteiger partial charge in [0.2, 0.25) is 23.6 Å². The first-order valence-electron chi connectivity index (χ1n) is 22.6. The van der Waals surface area contributed by atoms with Crippen molar-refractivity contribution < 1.29 is 108 Å². The Bertz CT molecular complexity index is 3620. The van der Waals surface area contributed by atoms with Gasteiger partial charge in [-0.25, -0.2) is 42.8 Å². The van der Waals surface area contributed by atoms with Crippen LogP contribution in [0.25, 0.3) is 33.5 Å². The summed E-state index contributed by atoms with van der Waals surface area (Å²) < 4.78 is 110. The standard InChI is InChI=1S/C35H48N16O24P4/c1-39-16(52)4-12-13(70-31(20(12)53)51-11-48(2)19-28(51)45-35(38)47-30(19)57)5-68-77(60,61)74-79(64,65)75-78(62,63)69-7-15-23(24(66-3)33(72-15)49-9-42-17-25(36)40-8-41-26(17)49)73-76(58,59)67-6-14-21(54)22(55)32(71-14)50-10-43-18-27(50)44-34(37)46-29(18)56/h8-15,20-24,31-33,53-55H,4-7H2,1-3H3,(H12-,36,37,38,39,40,41,44,45,46,47,52,56,57,58,59,60,61,62,63,64,65)/p+1/t12-,13-,14-,15-,20-,21-,22-,23-,24-,31-,32-,33-/m1/s1. The van der Waals surface area contributed by atoms with Gasteiger partial charge in [0.25, 0.3) is 17.1 Å². The Morgan fingerprint density at radius 3 is 2.00 bits per heavy atom. The molecular formula is C35H49N16O24P4+. The number of rotatable bonds is 21. The lowest BCUT2D eigenvalue weighted by Gasteiger charge is -2.26. The molecular weight excluding hydrogens is 1150 g/mol. The van der Waals surface area contributed by atoms with Gasteiger partial charge in [-0.2, -0.15) is 13.6 Å². The minimum absolute atomic E-state index is 0.00371. The van der Waals surface area contributed by atoms with Crippen molar-refractivity contribution in [1.29, 1.82) is 0 Å². The summed E-state index contributed by atoms with van der Waals surface area (Å²) in [6.07, 6.45) is -14.0. The van der Waals surface area contributed by atoms with Gasteiger partial charge in [-0.1, -0.05) is 4.98 Å². The van der Waals surface area contributed by atoms with Gasteiger partial charge < -0.3 is 76.4 Å². The molecule has 0 saturated carbocycles. The van der Waals surface area contributed by atoms with E-state index in [0.717, 1.165) is 30.7 Å². The molecule has 3 aliphatic rings. The van der Waals surface area contributed by atoms with Crippen LogP contribution in [0.2, 0.25) is 0 Å². The van der Waals surface area contributed by atoms with E-state index in [1.807, 2.05) is 0 Å². The van der Waals surface area contributed by atoms with Crippen LogP contribution < -0.4 is 38.2 Å². The molecule has 6 aromatic rings. The van der Waals surface area contributed by atoms with Crippen molar-refractivity contribution in [3.05, 3.63) is 46.0 Å².